The van der Waals surface area contributed by atoms with Gasteiger partial charge >= 0.3 is 0 Å². The van der Waals surface area contributed by atoms with Crippen LogP contribution in [0.2, 0.25) is 0 Å². The molecule has 0 heterocycles. The Bertz CT molecular complexity index is 8.00. The summed E-state index contributed by atoms with van der Waals surface area (Å²) in [5.74, 6) is 0. The predicted molar refractivity (Wildman–Crippen MR) is 5.75 cm³/mol. The van der Waals surface area contributed by atoms with Gasteiger partial charge in [0, 0.05) is 91.5 Å². The predicted octanol–water partition coefficient (Wildman–Crippen LogP) is -0.388. The summed E-state index contributed by atoms with van der Waals surface area (Å²) in [7, 11) is 0. The van der Waals surface area contributed by atoms with E-state index in [1.165, 1.54) is 0 Å². The fourth-order valence-corrected chi connectivity index (χ4v) is 0. The SMILES string of the molecule is [Ag].[Au].[Pb].[Zn]. The van der Waals surface area contributed by atoms with Gasteiger partial charge in [0.15, 0.2) is 0 Å². The number of hydrogen-bond donors (Lipinski definition) is 0. The first-order valence-electron chi connectivity index (χ1n) is 0. The van der Waals surface area contributed by atoms with Gasteiger partial charge in [0.25, 0.3) is 0 Å². The molecule has 0 aliphatic rings. The molecular weight excluding hydrogens is 577 g/mol. The van der Waals surface area contributed by atoms with Gasteiger partial charge in [0.1, 0.15) is 0 Å². The Hall–Kier alpha value is 3.03. The molecule has 4 heteroatoms. The van der Waals surface area contributed by atoms with Crippen LogP contribution in [0.3, 0.4) is 0 Å². The maximum absolute atomic E-state index is 0. The van der Waals surface area contributed by atoms with Crippen molar-refractivity contribution in [1.29, 1.82) is 0 Å². The molecule has 0 aromatic rings. The summed E-state index contributed by atoms with van der Waals surface area (Å²) in [5.41, 5.74) is 0. The van der Waals surface area contributed by atoms with Crippen LogP contribution in [0.1, 0.15) is 0 Å². The largest absolute Gasteiger partial charge is 0 e. The van der Waals surface area contributed by atoms with Crippen LogP contribution in [0.25, 0.3) is 0 Å². The Morgan fingerprint density at radius 3 is 1.00 bits per heavy atom. The van der Waals surface area contributed by atoms with Crippen molar-refractivity contribution in [1.82, 2.24) is 0 Å². The van der Waals surface area contributed by atoms with E-state index in [1.807, 2.05) is 0 Å². The third-order valence-electron chi connectivity index (χ3n) is 0. The van der Waals surface area contributed by atoms with Gasteiger partial charge in [0.05, 0.1) is 0 Å². The topological polar surface area (TPSA) is 0 Å². The second-order valence-corrected chi connectivity index (χ2v) is 0. The summed E-state index contributed by atoms with van der Waals surface area (Å²) in [6.07, 6.45) is 0. The van der Waals surface area contributed by atoms with E-state index in [1.54, 1.807) is 0 Å². The van der Waals surface area contributed by atoms with Gasteiger partial charge in [0.2, 0.25) is 0 Å². The van der Waals surface area contributed by atoms with Crippen molar-refractivity contribution in [2.45, 2.75) is 0 Å². The summed E-state index contributed by atoms with van der Waals surface area (Å²) in [4.78, 5) is 0. The second-order valence-electron chi connectivity index (χ2n) is 0. The smallest absolute Gasteiger partial charge is 0 e. The third-order valence-corrected chi connectivity index (χ3v) is 0. The Morgan fingerprint density at radius 2 is 1.00 bits per heavy atom. The zero-order valence-corrected chi connectivity index (χ0v) is 12.3. The standard InChI is InChI=1S/Ag.Au.Pb.Zn. The van der Waals surface area contributed by atoms with E-state index in [9.17, 15) is 0 Å². The van der Waals surface area contributed by atoms with Gasteiger partial charge in [-0.05, 0) is 0 Å². The van der Waals surface area contributed by atoms with Gasteiger partial charge < -0.3 is 0 Å². The van der Waals surface area contributed by atoms with E-state index >= 15 is 0 Å². The van der Waals surface area contributed by atoms with Crippen LogP contribution >= 0.6 is 0 Å². The monoisotopic (exact) mass is 576 g/mol. The first-order chi connectivity index (χ1) is 0. The van der Waals surface area contributed by atoms with E-state index < -0.39 is 0 Å². The fraction of sp³-hybridized carbons (Fsp3) is 0. The second kappa shape index (κ2) is 16.6. The average Bonchev–Trinajstić information content (AvgIpc) is 0. The summed E-state index contributed by atoms with van der Waals surface area (Å²) in [5, 5.41) is 0. The molecule has 0 amide bonds. The van der Waals surface area contributed by atoms with E-state index in [0.29, 0.717) is 0 Å². The zero-order valence-electron chi connectivity index (χ0n) is 1.81. The quantitative estimate of drug-likeness (QED) is 0.345. The average molecular weight is 577 g/mol. The molecule has 0 nitrogen and oxygen atoms in total. The number of hydrogen-bond acceptors (Lipinski definition) is 0. The summed E-state index contributed by atoms with van der Waals surface area (Å²) < 4.78 is 0. The molecule has 0 saturated carbocycles. The van der Waals surface area contributed by atoms with E-state index in [0.717, 1.165) is 0 Å². The van der Waals surface area contributed by atoms with Crippen LogP contribution in [-0.4, -0.2) is 27.3 Å². The van der Waals surface area contributed by atoms with E-state index in [2.05, 4.69) is 0 Å². The normalized spacial score (nSPS) is 0. The molecule has 0 bridgehead atoms. The molecule has 4 heavy (non-hydrogen) atoms. The minimum absolute atomic E-state index is 0. The van der Waals surface area contributed by atoms with Gasteiger partial charge in [-0.1, -0.05) is 0 Å². The Kier molecular flexibility index (Phi) is 116. The molecule has 0 saturated heterocycles. The van der Waals surface area contributed by atoms with Gasteiger partial charge in [-0.25, -0.2) is 0 Å². The van der Waals surface area contributed by atoms with Crippen molar-refractivity contribution < 1.29 is 64.2 Å². The molecule has 0 aromatic carbocycles. The van der Waals surface area contributed by atoms with Crippen molar-refractivity contribution in [3.8, 4) is 0 Å². The minimum atomic E-state index is 0. The van der Waals surface area contributed by atoms with Crippen molar-refractivity contribution in [2.24, 2.45) is 0 Å². The minimum Gasteiger partial charge on any atom is 0 e. The summed E-state index contributed by atoms with van der Waals surface area (Å²) in [6.45, 7) is 0. The van der Waals surface area contributed by atoms with Crippen LogP contribution in [0, 0.1) is 0 Å². The molecule has 0 fully saturated rings. The van der Waals surface area contributed by atoms with Crippen molar-refractivity contribution >= 4 is 27.3 Å². The molecule has 6 radical (unpaired) electrons. The molecule has 0 aromatic heterocycles. The summed E-state index contributed by atoms with van der Waals surface area (Å²) in [6, 6.07) is 0. The molecule has 0 N–H and O–H groups in total. The Morgan fingerprint density at radius 1 is 1.00 bits per heavy atom. The van der Waals surface area contributed by atoms with Crippen LogP contribution in [0.5, 0.6) is 0 Å². The Labute approximate surface area is 89.8 Å². The van der Waals surface area contributed by atoms with Crippen LogP contribution in [-0.2, 0) is 64.2 Å². The van der Waals surface area contributed by atoms with Crippen molar-refractivity contribution in [2.75, 3.05) is 0 Å². The molecule has 0 rings (SSSR count). The maximum Gasteiger partial charge on any atom is 0 e. The van der Waals surface area contributed by atoms with Gasteiger partial charge in [-0.2, -0.15) is 0 Å². The molecule has 0 spiro atoms. The third kappa shape index (κ3) is 8.90. The first-order valence-corrected chi connectivity index (χ1v) is 0. The van der Waals surface area contributed by atoms with E-state index in [-0.39, 0.29) is 91.5 Å². The van der Waals surface area contributed by atoms with Crippen LogP contribution in [0.4, 0.5) is 0 Å². The van der Waals surface area contributed by atoms with Crippen molar-refractivity contribution in [3.05, 3.63) is 0 Å². The van der Waals surface area contributed by atoms with Crippen LogP contribution in [0.15, 0.2) is 0 Å². The first kappa shape index (κ1) is 27.9. The fourth-order valence-electron chi connectivity index (χ4n) is 0. The molecule has 28 valence electrons. The molecule has 0 atom stereocenters. The molecule has 0 aliphatic heterocycles. The maximum atomic E-state index is 0. The van der Waals surface area contributed by atoms with E-state index in [4.69, 9.17) is 0 Å². The molecular formula is AgAuPbZn. The zero-order chi connectivity index (χ0) is 0. The molecule has 0 unspecified atom stereocenters. The van der Waals surface area contributed by atoms with Crippen molar-refractivity contribution in [3.63, 3.8) is 0 Å². The van der Waals surface area contributed by atoms with Gasteiger partial charge in [-0.15, -0.1) is 0 Å². The summed E-state index contributed by atoms with van der Waals surface area (Å²) >= 11 is 0. The van der Waals surface area contributed by atoms with Crippen LogP contribution < -0.4 is 0 Å². The number of rotatable bonds is 0. The molecule has 0 aliphatic carbocycles. The van der Waals surface area contributed by atoms with Gasteiger partial charge in [-0.3, -0.25) is 0 Å². The Balaban J connectivity index is 0.